The highest BCUT2D eigenvalue weighted by Gasteiger charge is 2.20. The van der Waals surface area contributed by atoms with E-state index in [9.17, 15) is 20.0 Å². The molecule has 0 spiro atoms. The lowest BCUT2D eigenvalue weighted by Crippen LogP contribution is -2.34. The fourth-order valence-electron chi connectivity index (χ4n) is 2.14. The van der Waals surface area contributed by atoms with Gasteiger partial charge in [-0.2, -0.15) is 0 Å². The van der Waals surface area contributed by atoms with Gasteiger partial charge in [-0.15, -0.1) is 0 Å². The summed E-state index contributed by atoms with van der Waals surface area (Å²) >= 11 is 0. The van der Waals surface area contributed by atoms with Crippen LogP contribution in [0.5, 0.6) is 5.75 Å². The maximum atomic E-state index is 11.8. The summed E-state index contributed by atoms with van der Waals surface area (Å²) in [4.78, 5) is 22.0. The molecule has 0 unspecified atom stereocenters. The molecule has 1 amide bonds. The molecule has 0 aromatic heterocycles. The first-order valence-corrected chi connectivity index (χ1v) is 6.66. The Bertz CT molecular complexity index is 529. The molecule has 0 bridgehead atoms. The number of ether oxygens (including phenoxy) is 1. The average Bonchev–Trinajstić information content (AvgIpc) is 2.48. The number of nitrogens with zero attached hydrogens (tertiary/aromatic N) is 1. The predicted molar refractivity (Wildman–Crippen MR) is 75.2 cm³/mol. The molecule has 1 aromatic carbocycles. The Morgan fingerprint density at radius 3 is 2.86 bits per heavy atom. The third-order valence-electron chi connectivity index (χ3n) is 3.22. The first kappa shape index (κ1) is 15.2. The molecule has 8 nitrogen and oxygen atoms in total. The topological polar surface area (TPSA) is 114 Å². The van der Waals surface area contributed by atoms with Gasteiger partial charge in [-0.25, -0.2) is 0 Å². The van der Waals surface area contributed by atoms with E-state index in [0.717, 1.165) is 25.9 Å². The van der Waals surface area contributed by atoms with Crippen molar-refractivity contribution < 1.29 is 19.6 Å². The Hall–Kier alpha value is -2.19. The third-order valence-corrected chi connectivity index (χ3v) is 3.22. The van der Waals surface area contributed by atoms with E-state index in [0.29, 0.717) is 0 Å². The van der Waals surface area contributed by atoms with Crippen LogP contribution in [0.1, 0.15) is 12.8 Å². The first-order chi connectivity index (χ1) is 10.1. The average molecular weight is 295 g/mol. The van der Waals surface area contributed by atoms with Gasteiger partial charge >= 0.3 is 0 Å². The quantitative estimate of drug-likeness (QED) is 0.424. The molecular formula is C13H17N3O5. The first-order valence-electron chi connectivity index (χ1n) is 6.66. The number of para-hydroxylation sites is 1. The van der Waals surface area contributed by atoms with Crippen LogP contribution in [0, 0.1) is 10.1 Å². The third kappa shape index (κ3) is 4.14. The van der Waals surface area contributed by atoms with Crippen LogP contribution in [0.3, 0.4) is 0 Å². The summed E-state index contributed by atoms with van der Waals surface area (Å²) in [5, 5.41) is 26.0. The number of phenolic OH excluding ortho intramolecular Hbond substituents is 1. The second-order valence-electron chi connectivity index (χ2n) is 4.74. The van der Waals surface area contributed by atoms with Crippen molar-refractivity contribution in [3.05, 3.63) is 28.3 Å². The van der Waals surface area contributed by atoms with Gasteiger partial charge in [0.05, 0.1) is 11.0 Å². The molecule has 0 radical (unpaired) electrons. The minimum atomic E-state index is -0.664. The van der Waals surface area contributed by atoms with Gasteiger partial charge in [0, 0.05) is 6.07 Å². The van der Waals surface area contributed by atoms with E-state index < -0.39 is 10.8 Å². The summed E-state index contributed by atoms with van der Waals surface area (Å²) in [6.45, 7) is 1.49. The molecule has 21 heavy (non-hydrogen) atoms. The number of anilines is 1. The van der Waals surface area contributed by atoms with Crippen LogP contribution in [-0.4, -0.2) is 41.7 Å². The van der Waals surface area contributed by atoms with E-state index in [-0.39, 0.29) is 29.8 Å². The van der Waals surface area contributed by atoms with Gasteiger partial charge in [0.15, 0.2) is 5.69 Å². The summed E-state index contributed by atoms with van der Waals surface area (Å²) < 4.78 is 5.45. The van der Waals surface area contributed by atoms with Gasteiger partial charge in [-0.3, -0.25) is 14.9 Å². The molecule has 8 heteroatoms. The molecular weight excluding hydrogens is 278 g/mol. The zero-order chi connectivity index (χ0) is 15.2. The highest BCUT2D eigenvalue weighted by atomic mass is 16.6. The number of aromatic hydroxyl groups is 1. The molecule has 0 atom stereocenters. The van der Waals surface area contributed by atoms with Crippen LogP contribution in [0.25, 0.3) is 0 Å². The summed E-state index contributed by atoms with van der Waals surface area (Å²) in [6.07, 6.45) is 1.66. The largest absolute Gasteiger partial charge is 0.505 e. The van der Waals surface area contributed by atoms with Crippen molar-refractivity contribution in [2.45, 2.75) is 18.9 Å². The van der Waals surface area contributed by atoms with Gasteiger partial charge in [0.1, 0.15) is 12.4 Å². The number of rotatable bonds is 5. The fraction of sp³-hybridized carbons (Fsp3) is 0.462. The summed E-state index contributed by atoms with van der Waals surface area (Å²) in [7, 11) is 0. The number of hydrogen-bond acceptors (Lipinski definition) is 6. The molecule has 0 saturated carbocycles. The minimum Gasteiger partial charge on any atom is -0.505 e. The van der Waals surface area contributed by atoms with Crippen LogP contribution in [0.4, 0.5) is 11.4 Å². The fourth-order valence-corrected chi connectivity index (χ4v) is 2.14. The van der Waals surface area contributed by atoms with E-state index in [2.05, 4.69) is 10.6 Å². The number of carbonyl (C=O) groups excluding carboxylic acids is 1. The maximum Gasteiger partial charge on any atom is 0.296 e. The normalized spacial score (nSPS) is 15.6. The lowest BCUT2D eigenvalue weighted by molar-refractivity contribution is -0.384. The van der Waals surface area contributed by atoms with Gasteiger partial charge < -0.3 is 20.5 Å². The number of nitro groups is 1. The second-order valence-corrected chi connectivity index (χ2v) is 4.74. The number of benzene rings is 1. The van der Waals surface area contributed by atoms with Gasteiger partial charge in [0.2, 0.25) is 0 Å². The Kier molecular flexibility index (Phi) is 5.07. The second kappa shape index (κ2) is 7.00. The Morgan fingerprint density at radius 1 is 1.48 bits per heavy atom. The lowest BCUT2D eigenvalue weighted by atomic mass is 10.1. The number of nitrogens with one attached hydrogen (secondary N) is 2. The van der Waals surface area contributed by atoms with E-state index in [1.165, 1.54) is 18.2 Å². The monoisotopic (exact) mass is 295 g/mol. The summed E-state index contributed by atoms with van der Waals surface area (Å²) in [5.74, 6) is -0.877. The minimum absolute atomic E-state index is 0.0105. The highest BCUT2D eigenvalue weighted by molar-refractivity contribution is 5.95. The zero-order valence-corrected chi connectivity index (χ0v) is 11.4. The number of amides is 1. The van der Waals surface area contributed by atoms with Crippen LogP contribution in [0.2, 0.25) is 0 Å². The Morgan fingerprint density at radius 2 is 2.19 bits per heavy atom. The van der Waals surface area contributed by atoms with Crippen LogP contribution in [0.15, 0.2) is 18.2 Å². The van der Waals surface area contributed by atoms with E-state index in [1.807, 2.05) is 0 Å². The number of carbonyl (C=O) groups is 1. The maximum absolute atomic E-state index is 11.8. The van der Waals surface area contributed by atoms with E-state index in [1.54, 1.807) is 0 Å². The van der Waals surface area contributed by atoms with E-state index in [4.69, 9.17) is 4.74 Å². The Balaban J connectivity index is 1.94. The molecule has 0 aliphatic carbocycles. The van der Waals surface area contributed by atoms with Crippen LogP contribution < -0.4 is 10.6 Å². The Labute approximate surface area is 121 Å². The molecule has 3 N–H and O–H groups in total. The van der Waals surface area contributed by atoms with Crippen molar-refractivity contribution in [3.8, 4) is 5.75 Å². The molecule has 2 rings (SSSR count). The van der Waals surface area contributed by atoms with Crippen molar-refractivity contribution >= 4 is 17.3 Å². The van der Waals surface area contributed by atoms with Gasteiger partial charge in [0.25, 0.3) is 11.6 Å². The SMILES string of the molecule is O=C(COC1CCNCC1)Nc1c(O)cccc1[N+](=O)[O-]. The van der Waals surface area contributed by atoms with Crippen molar-refractivity contribution in [2.75, 3.05) is 25.0 Å². The van der Waals surface area contributed by atoms with E-state index >= 15 is 0 Å². The molecule has 1 aromatic rings. The lowest BCUT2D eigenvalue weighted by Gasteiger charge is -2.22. The van der Waals surface area contributed by atoms with Crippen molar-refractivity contribution in [1.82, 2.24) is 5.32 Å². The predicted octanol–water partition coefficient (Wildman–Crippen LogP) is 1.01. The number of hydrogen-bond donors (Lipinski definition) is 3. The smallest absolute Gasteiger partial charge is 0.296 e. The molecule has 1 heterocycles. The summed E-state index contributed by atoms with van der Waals surface area (Å²) in [5.41, 5.74) is -0.563. The summed E-state index contributed by atoms with van der Waals surface area (Å²) in [6, 6.07) is 3.83. The van der Waals surface area contributed by atoms with Crippen LogP contribution in [-0.2, 0) is 9.53 Å². The van der Waals surface area contributed by atoms with Crippen molar-refractivity contribution in [3.63, 3.8) is 0 Å². The van der Waals surface area contributed by atoms with Crippen LogP contribution >= 0.6 is 0 Å². The molecule has 114 valence electrons. The zero-order valence-electron chi connectivity index (χ0n) is 11.4. The molecule has 1 aliphatic rings. The molecule has 1 fully saturated rings. The molecule has 1 saturated heterocycles. The standard InChI is InChI=1S/C13H17N3O5/c17-11-3-1-2-10(16(19)20)13(11)15-12(18)8-21-9-4-6-14-7-5-9/h1-3,9,14,17H,4-8H2,(H,15,18). The van der Waals surface area contributed by atoms with Crippen molar-refractivity contribution in [1.29, 1.82) is 0 Å². The van der Waals surface area contributed by atoms with Crippen molar-refractivity contribution in [2.24, 2.45) is 0 Å². The number of phenols is 1. The number of piperidine rings is 1. The molecule has 1 aliphatic heterocycles. The van der Waals surface area contributed by atoms with Gasteiger partial charge in [-0.1, -0.05) is 6.07 Å². The highest BCUT2D eigenvalue weighted by Crippen LogP contribution is 2.32. The van der Waals surface area contributed by atoms with Gasteiger partial charge in [-0.05, 0) is 32.0 Å². The number of nitro benzene ring substituents is 1.